The molecule has 6 nitrogen and oxygen atoms in total. The Balaban J connectivity index is 1.87. The van der Waals surface area contributed by atoms with Gasteiger partial charge in [-0.1, -0.05) is 0 Å². The van der Waals surface area contributed by atoms with Crippen LogP contribution in [0.4, 0.5) is 15.0 Å². The number of carbonyl (C=O) groups is 1. The SMILES string of the molecule is Cc1cc(NCC2(F)CCN(C(=O)NC(C)(C)C)CC2)nc(C)n1. The van der Waals surface area contributed by atoms with Crippen LogP contribution in [0.2, 0.25) is 0 Å². The fourth-order valence-electron chi connectivity index (χ4n) is 2.74. The second kappa shape index (κ2) is 6.91. The smallest absolute Gasteiger partial charge is 0.317 e. The quantitative estimate of drug-likeness (QED) is 0.890. The van der Waals surface area contributed by atoms with Crippen LogP contribution in [0.3, 0.4) is 0 Å². The molecule has 2 rings (SSSR count). The Bertz CT molecular complexity index is 571. The van der Waals surface area contributed by atoms with Gasteiger partial charge in [0.2, 0.25) is 0 Å². The van der Waals surface area contributed by atoms with E-state index in [2.05, 4.69) is 20.6 Å². The molecule has 0 unspecified atom stereocenters. The number of halogens is 1. The summed E-state index contributed by atoms with van der Waals surface area (Å²) in [6.07, 6.45) is 0.640. The van der Waals surface area contributed by atoms with Crippen LogP contribution < -0.4 is 10.6 Å². The van der Waals surface area contributed by atoms with Crippen molar-refractivity contribution in [3.05, 3.63) is 17.6 Å². The van der Waals surface area contributed by atoms with Crippen molar-refractivity contribution in [1.29, 1.82) is 0 Å². The van der Waals surface area contributed by atoms with Gasteiger partial charge in [-0.25, -0.2) is 19.2 Å². The lowest BCUT2D eigenvalue weighted by Crippen LogP contribution is -2.53. The van der Waals surface area contributed by atoms with Gasteiger partial charge in [0.1, 0.15) is 17.3 Å². The molecule has 0 saturated carbocycles. The zero-order valence-electron chi connectivity index (χ0n) is 15.2. The second-order valence-corrected chi connectivity index (χ2v) is 7.61. The lowest BCUT2D eigenvalue weighted by molar-refractivity contribution is 0.0801. The van der Waals surface area contributed by atoms with Gasteiger partial charge in [-0.15, -0.1) is 0 Å². The Morgan fingerprint density at radius 1 is 1.29 bits per heavy atom. The van der Waals surface area contributed by atoms with E-state index in [4.69, 9.17) is 0 Å². The molecule has 2 amide bonds. The molecule has 1 aromatic rings. The number of nitrogens with zero attached hydrogens (tertiary/aromatic N) is 3. The first-order valence-corrected chi connectivity index (χ1v) is 8.39. The van der Waals surface area contributed by atoms with E-state index in [1.165, 1.54) is 0 Å². The average Bonchev–Trinajstić information content (AvgIpc) is 2.43. The van der Waals surface area contributed by atoms with Crippen molar-refractivity contribution in [2.45, 2.75) is 58.7 Å². The van der Waals surface area contributed by atoms with E-state index in [9.17, 15) is 9.18 Å². The van der Waals surface area contributed by atoms with E-state index >= 15 is 0 Å². The zero-order valence-corrected chi connectivity index (χ0v) is 15.2. The molecule has 0 radical (unpaired) electrons. The summed E-state index contributed by atoms with van der Waals surface area (Å²) >= 11 is 0. The van der Waals surface area contributed by atoms with Crippen molar-refractivity contribution < 1.29 is 9.18 Å². The molecule has 0 aliphatic carbocycles. The summed E-state index contributed by atoms with van der Waals surface area (Å²) in [5, 5.41) is 5.99. The van der Waals surface area contributed by atoms with Gasteiger partial charge in [0.15, 0.2) is 0 Å². The van der Waals surface area contributed by atoms with Crippen molar-refractivity contribution in [2.24, 2.45) is 0 Å². The van der Waals surface area contributed by atoms with Crippen molar-refractivity contribution in [2.75, 3.05) is 25.0 Å². The lowest BCUT2D eigenvalue weighted by Gasteiger charge is -2.37. The molecule has 1 saturated heterocycles. The van der Waals surface area contributed by atoms with Gasteiger partial charge in [0, 0.05) is 43.2 Å². The minimum atomic E-state index is -1.33. The summed E-state index contributed by atoms with van der Waals surface area (Å²) in [6.45, 7) is 10.5. The summed E-state index contributed by atoms with van der Waals surface area (Å²) in [4.78, 5) is 22.3. The van der Waals surface area contributed by atoms with Gasteiger partial charge < -0.3 is 15.5 Å². The number of nitrogens with one attached hydrogen (secondary N) is 2. The normalized spacial score (nSPS) is 17.5. The zero-order chi connectivity index (χ0) is 18.0. The van der Waals surface area contributed by atoms with E-state index < -0.39 is 5.67 Å². The number of piperidine rings is 1. The van der Waals surface area contributed by atoms with Crippen LogP contribution in [0.25, 0.3) is 0 Å². The molecular weight excluding hydrogens is 309 g/mol. The van der Waals surface area contributed by atoms with Crippen LogP contribution in [-0.2, 0) is 0 Å². The molecule has 1 aromatic heterocycles. The van der Waals surface area contributed by atoms with Gasteiger partial charge in [0.05, 0.1) is 6.54 Å². The molecule has 1 fully saturated rings. The fourth-order valence-corrected chi connectivity index (χ4v) is 2.74. The molecule has 1 aliphatic rings. The summed E-state index contributed by atoms with van der Waals surface area (Å²) < 4.78 is 15.0. The van der Waals surface area contributed by atoms with Crippen LogP contribution >= 0.6 is 0 Å². The minimum Gasteiger partial charge on any atom is -0.367 e. The number of rotatable bonds is 3. The molecular formula is C17H28FN5O. The van der Waals surface area contributed by atoms with Gasteiger partial charge >= 0.3 is 6.03 Å². The lowest BCUT2D eigenvalue weighted by atomic mass is 9.93. The Hall–Kier alpha value is -1.92. The molecule has 24 heavy (non-hydrogen) atoms. The number of alkyl halides is 1. The van der Waals surface area contributed by atoms with E-state index in [-0.39, 0.29) is 18.1 Å². The molecule has 0 aromatic carbocycles. The maximum atomic E-state index is 15.0. The number of amides is 2. The van der Waals surface area contributed by atoms with Crippen LogP contribution in [0.15, 0.2) is 6.07 Å². The van der Waals surface area contributed by atoms with E-state index in [1.807, 2.05) is 40.7 Å². The molecule has 0 atom stereocenters. The first-order chi connectivity index (χ1) is 11.1. The fraction of sp³-hybridized carbons (Fsp3) is 0.706. The second-order valence-electron chi connectivity index (χ2n) is 7.61. The van der Waals surface area contributed by atoms with Crippen LogP contribution in [0.1, 0.15) is 45.1 Å². The Morgan fingerprint density at radius 2 is 1.92 bits per heavy atom. The highest BCUT2D eigenvalue weighted by atomic mass is 19.1. The summed E-state index contributed by atoms with van der Waals surface area (Å²) in [6, 6.07) is 1.68. The minimum absolute atomic E-state index is 0.125. The van der Waals surface area contributed by atoms with Crippen LogP contribution in [0.5, 0.6) is 0 Å². The number of anilines is 1. The number of urea groups is 1. The number of carbonyl (C=O) groups excluding carboxylic acids is 1. The number of aryl methyl sites for hydroxylation is 2. The standard InChI is InChI=1S/C17H28FN5O/c1-12-10-14(21-13(2)20-12)19-11-17(18)6-8-23(9-7-17)15(24)22-16(3,4)5/h10H,6-9,11H2,1-5H3,(H,22,24)(H,19,20,21). The topological polar surface area (TPSA) is 70.2 Å². The van der Waals surface area contributed by atoms with Crippen LogP contribution in [0, 0.1) is 13.8 Å². The highest BCUT2D eigenvalue weighted by molar-refractivity contribution is 5.75. The highest BCUT2D eigenvalue weighted by Crippen LogP contribution is 2.27. The summed E-state index contributed by atoms with van der Waals surface area (Å²) in [5.41, 5.74) is -0.761. The summed E-state index contributed by atoms with van der Waals surface area (Å²) in [5.74, 6) is 1.31. The molecule has 0 spiro atoms. The molecule has 2 heterocycles. The number of likely N-dealkylation sites (tertiary alicyclic amines) is 1. The van der Waals surface area contributed by atoms with Crippen molar-refractivity contribution >= 4 is 11.8 Å². The average molecular weight is 337 g/mol. The summed E-state index contributed by atoms with van der Waals surface area (Å²) in [7, 11) is 0. The van der Waals surface area contributed by atoms with Crippen molar-refractivity contribution in [1.82, 2.24) is 20.2 Å². The third kappa shape index (κ3) is 5.32. The van der Waals surface area contributed by atoms with E-state index in [1.54, 1.807) is 4.90 Å². The molecule has 2 N–H and O–H groups in total. The van der Waals surface area contributed by atoms with Crippen molar-refractivity contribution in [3.8, 4) is 0 Å². The predicted octanol–water partition coefficient (Wildman–Crippen LogP) is 2.82. The largest absolute Gasteiger partial charge is 0.367 e. The van der Waals surface area contributed by atoms with Gasteiger partial charge in [0.25, 0.3) is 0 Å². The Kier molecular flexibility index (Phi) is 5.30. The number of hydrogen-bond donors (Lipinski definition) is 2. The number of hydrogen-bond acceptors (Lipinski definition) is 4. The van der Waals surface area contributed by atoms with Crippen LogP contribution in [-0.4, -0.2) is 51.7 Å². The van der Waals surface area contributed by atoms with E-state index in [0.29, 0.717) is 37.6 Å². The first-order valence-electron chi connectivity index (χ1n) is 8.39. The Labute approximate surface area is 143 Å². The Morgan fingerprint density at radius 3 is 2.46 bits per heavy atom. The maximum absolute atomic E-state index is 15.0. The molecule has 1 aliphatic heterocycles. The van der Waals surface area contributed by atoms with Gasteiger partial charge in [-0.3, -0.25) is 0 Å². The third-order valence-corrected chi connectivity index (χ3v) is 3.98. The first kappa shape index (κ1) is 18.4. The molecule has 134 valence electrons. The van der Waals surface area contributed by atoms with Gasteiger partial charge in [-0.05, 0) is 34.6 Å². The van der Waals surface area contributed by atoms with Gasteiger partial charge in [-0.2, -0.15) is 0 Å². The monoisotopic (exact) mass is 337 g/mol. The molecule has 0 bridgehead atoms. The van der Waals surface area contributed by atoms with E-state index in [0.717, 1.165) is 5.69 Å². The third-order valence-electron chi connectivity index (χ3n) is 3.98. The molecule has 7 heteroatoms. The number of aromatic nitrogens is 2. The maximum Gasteiger partial charge on any atom is 0.317 e. The van der Waals surface area contributed by atoms with Crippen molar-refractivity contribution in [3.63, 3.8) is 0 Å². The highest BCUT2D eigenvalue weighted by Gasteiger charge is 2.36. The predicted molar refractivity (Wildman–Crippen MR) is 92.9 cm³/mol.